The molecule has 2 heterocycles. The van der Waals surface area contributed by atoms with Crippen molar-refractivity contribution < 1.29 is 9.90 Å². The van der Waals surface area contributed by atoms with Crippen molar-refractivity contribution in [3.8, 4) is 0 Å². The van der Waals surface area contributed by atoms with Crippen LogP contribution in [-0.4, -0.2) is 34.0 Å². The normalized spacial score (nSPS) is 19.7. The summed E-state index contributed by atoms with van der Waals surface area (Å²) < 4.78 is 0. The molecule has 0 bridgehead atoms. The fraction of sp³-hybridized carbons (Fsp3) is 0.571. The van der Waals surface area contributed by atoms with Crippen molar-refractivity contribution in [3.63, 3.8) is 0 Å². The summed E-state index contributed by atoms with van der Waals surface area (Å²) in [6.45, 7) is 6.35. The Morgan fingerprint density at radius 3 is 2.61 bits per heavy atom. The molecule has 4 heteroatoms. The van der Waals surface area contributed by atoms with E-state index < -0.39 is 11.4 Å². The molecule has 1 aliphatic heterocycles. The van der Waals surface area contributed by atoms with Crippen LogP contribution in [0.5, 0.6) is 0 Å². The van der Waals surface area contributed by atoms with Gasteiger partial charge in [0, 0.05) is 12.7 Å². The standard InChI is InChI=1S/C14H20N2O2/c1-11-3-4-12(15-9-11)10-16-7-5-14(2,6-8-16)13(17)18/h3-4,9H,5-8,10H2,1-2H3,(H,17,18). The summed E-state index contributed by atoms with van der Waals surface area (Å²) in [4.78, 5) is 17.8. The number of hydrogen-bond donors (Lipinski definition) is 1. The Bertz CT molecular complexity index is 420. The number of nitrogens with zero attached hydrogens (tertiary/aromatic N) is 2. The van der Waals surface area contributed by atoms with Gasteiger partial charge in [-0.05, 0) is 51.4 Å². The molecule has 1 saturated heterocycles. The molecule has 1 fully saturated rings. The highest BCUT2D eigenvalue weighted by molar-refractivity contribution is 5.74. The van der Waals surface area contributed by atoms with Crippen LogP contribution in [0.15, 0.2) is 18.3 Å². The van der Waals surface area contributed by atoms with Crippen LogP contribution in [0.2, 0.25) is 0 Å². The number of rotatable bonds is 3. The number of hydrogen-bond acceptors (Lipinski definition) is 3. The van der Waals surface area contributed by atoms with Crippen LogP contribution in [0.1, 0.15) is 31.0 Å². The minimum atomic E-state index is -0.671. The molecule has 0 aliphatic carbocycles. The Morgan fingerprint density at radius 1 is 1.44 bits per heavy atom. The second-order valence-electron chi connectivity index (χ2n) is 5.47. The second kappa shape index (κ2) is 5.06. The molecule has 0 spiro atoms. The Hall–Kier alpha value is -1.42. The number of piperidine rings is 1. The first kappa shape index (κ1) is 13.0. The molecule has 4 nitrogen and oxygen atoms in total. The number of carboxylic acid groups (broad SMARTS) is 1. The van der Waals surface area contributed by atoms with E-state index in [4.69, 9.17) is 0 Å². The number of carboxylic acids is 1. The highest BCUT2D eigenvalue weighted by Gasteiger charge is 2.36. The number of pyridine rings is 1. The van der Waals surface area contributed by atoms with E-state index in [-0.39, 0.29) is 0 Å². The molecule has 1 aliphatic rings. The Labute approximate surface area is 108 Å². The maximum absolute atomic E-state index is 11.1. The van der Waals surface area contributed by atoms with Crippen LogP contribution >= 0.6 is 0 Å². The molecule has 0 unspecified atom stereocenters. The number of carbonyl (C=O) groups is 1. The Kier molecular flexibility index (Phi) is 3.66. The number of aryl methyl sites for hydroxylation is 1. The van der Waals surface area contributed by atoms with Gasteiger partial charge in [0.05, 0.1) is 11.1 Å². The molecular weight excluding hydrogens is 228 g/mol. The van der Waals surface area contributed by atoms with Gasteiger partial charge >= 0.3 is 5.97 Å². The van der Waals surface area contributed by atoms with Gasteiger partial charge in [-0.15, -0.1) is 0 Å². The van der Waals surface area contributed by atoms with Crippen molar-refractivity contribution >= 4 is 5.97 Å². The average molecular weight is 248 g/mol. The van der Waals surface area contributed by atoms with Gasteiger partial charge in [-0.3, -0.25) is 14.7 Å². The molecule has 0 saturated carbocycles. The number of aromatic nitrogens is 1. The summed E-state index contributed by atoms with van der Waals surface area (Å²) in [7, 11) is 0. The van der Waals surface area contributed by atoms with Gasteiger partial charge < -0.3 is 5.11 Å². The smallest absolute Gasteiger partial charge is 0.309 e. The summed E-state index contributed by atoms with van der Waals surface area (Å²) in [5, 5.41) is 9.17. The average Bonchev–Trinajstić information content (AvgIpc) is 2.35. The van der Waals surface area contributed by atoms with Crippen LogP contribution in [0.25, 0.3) is 0 Å². The third-order valence-corrected chi connectivity index (χ3v) is 3.83. The Morgan fingerprint density at radius 2 is 2.11 bits per heavy atom. The van der Waals surface area contributed by atoms with Crippen LogP contribution in [0, 0.1) is 12.3 Å². The van der Waals surface area contributed by atoms with E-state index in [1.807, 2.05) is 26.1 Å². The topological polar surface area (TPSA) is 53.4 Å². The van der Waals surface area contributed by atoms with E-state index in [0.717, 1.165) is 30.9 Å². The summed E-state index contributed by atoms with van der Waals surface area (Å²) in [5.41, 5.74) is 1.67. The third kappa shape index (κ3) is 2.88. The molecule has 1 N–H and O–H groups in total. The molecule has 0 radical (unpaired) electrons. The maximum Gasteiger partial charge on any atom is 0.309 e. The van der Waals surface area contributed by atoms with Crippen molar-refractivity contribution in [2.45, 2.75) is 33.2 Å². The van der Waals surface area contributed by atoms with Crippen molar-refractivity contribution in [2.75, 3.05) is 13.1 Å². The largest absolute Gasteiger partial charge is 0.481 e. The minimum absolute atomic E-state index is 0.544. The SMILES string of the molecule is Cc1ccc(CN2CCC(C)(C(=O)O)CC2)nc1. The molecular formula is C14H20N2O2. The lowest BCUT2D eigenvalue weighted by Crippen LogP contribution is -2.42. The lowest BCUT2D eigenvalue weighted by Gasteiger charge is -2.36. The van der Waals surface area contributed by atoms with Gasteiger partial charge in [-0.2, -0.15) is 0 Å². The van der Waals surface area contributed by atoms with Crippen molar-refractivity contribution in [3.05, 3.63) is 29.6 Å². The quantitative estimate of drug-likeness (QED) is 0.889. The molecule has 18 heavy (non-hydrogen) atoms. The molecule has 2 rings (SSSR count). The minimum Gasteiger partial charge on any atom is -0.481 e. The summed E-state index contributed by atoms with van der Waals surface area (Å²) in [6.07, 6.45) is 3.31. The lowest BCUT2D eigenvalue weighted by molar-refractivity contribution is -0.150. The highest BCUT2D eigenvalue weighted by Crippen LogP contribution is 2.31. The van der Waals surface area contributed by atoms with E-state index in [1.165, 1.54) is 0 Å². The first-order chi connectivity index (χ1) is 8.49. The third-order valence-electron chi connectivity index (χ3n) is 3.83. The number of aliphatic carboxylic acids is 1. The molecule has 0 atom stereocenters. The monoisotopic (exact) mass is 248 g/mol. The summed E-state index contributed by atoms with van der Waals surface area (Å²) in [5.74, 6) is -0.671. The van der Waals surface area contributed by atoms with E-state index in [2.05, 4.69) is 16.0 Å². The van der Waals surface area contributed by atoms with Gasteiger partial charge in [0.25, 0.3) is 0 Å². The lowest BCUT2D eigenvalue weighted by atomic mass is 9.80. The zero-order valence-corrected chi connectivity index (χ0v) is 11.0. The van der Waals surface area contributed by atoms with Crippen LogP contribution < -0.4 is 0 Å². The van der Waals surface area contributed by atoms with Gasteiger partial charge in [0.1, 0.15) is 0 Å². The van der Waals surface area contributed by atoms with Crippen LogP contribution in [-0.2, 0) is 11.3 Å². The molecule has 1 aromatic heterocycles. The van der Waals surface area contributed by atoms with Crippen molar-refractivity contribution in [2.24, 2.45) is 5.41 Å². The van der Waals surface area contributed by atoms with Crippen molar-refractivity contribution in [1.29, 1.82) is 0 Å². The van der Waals surface area contributed by atoms with E-state index >= 15 is 0 Å². The zero-order chi connectivity index (χ0) is 13.2. The van der Waals surface area contributed by atoms with Gasteiger partial charge in [-0.1, -0.05) is 6.07 Å². The number of likely N-dealkylation sites (tertiary alicyclic amines) is 1. The molecule has 1 aromatic rings. The van der Waals surface area contributed by atoms with E-state index in [9.17, 15) is 9.90 Å². The van der Waals surface area contributed by atoms with Crippen LogP contribution in [0.4, 0.5) is 0 Å². The predicted molar refractivity (Wildman–Crippen MR) is 69.2 cm³/mol. The Balaban J connectivity index is 1.91. The van der Waals surface area contributed by atoms with Crippen molar-refractivity contribution in [1.82, 2.24) is 9.88 Å². The van der Waals surface area contributed by atoms with Gasteiger partial charge in [0.15, 0.2) is 0 Å². The summed E-state index contributed by atoms with van der Waals surface area (Å²) >= 11 is 0. The van der Waals surface area contributed by atoms with E-state index in [1.54, 1.807) is 0 Å². The molecule has 98 valence electrons. The summed E-state index contributed by atoms with van der Waals surface area (Å²) in [6, 6.07) is 4.11. The second-order valence-corrected chi connectivity index (χ2v) is 5.47. The van der Waals surface area contributed by atoms with Gasteiger partial charge in [0.2, 0.25) is 0 Å². The fourth-order valence-corrected chi connectivity index (χ4v) is 2.24. The fourth-order valence-electron chi connectivity index (χ4n) is 2.24. The van der Waals surface area contributed by atoms with Crippen LogP contribution in [0.3, 0.4) is 0 Å². The first-order valence-electron chi connectivity index (χ1n) is 6.37. The van der Waals surface area contributed by atoms with Gasteiger partial charge in [-0.25, -0.2) is 0 Å². The highest BCUT2D eigenvalue weighted by atomic mass is 16.4. The maximum atomic E-state index is 11.1. The van der Waals surface area contributed by atoms with E-state index in [0.29, 0.717) is 12.8 Å². The molecule has 0 aromatic carbocycles. The zero-order valence-electron chi connectivity index (χ0n) is 11.0. The first-order valence-corrected chi connectivity index (χ1v) is 6.37. The molecule has 0 amide bonds. The predicted octanol–water partition coefficient (Wildman–Crippen LogP) is 2.08.